The molecule has 0 amide bonds. The summed E-state index contributed by atoms with van der Waals surface area (Å²) in [6, 6.07) is 6.82. The molecule has 4 nitrogen and oxygen atoms in total. The predicted molar refractivity (Wildman–Crippen MR) is 82.6 cm³/mol. The lowest BCUT2D eigenvalue weighted by molar-refractivity contribution is -0.0447. The Hall–Kier alpha value is -0.940. The van der Waals surface area contributed by atoms with Gasteiger partial charge in [0, 0.05) is 13.1 Å². The van der Waals surface area contributed by atoms with Crippen LogP contribution in [0.5, 0.6) is 0 Å². The molecule has 1 aliphatic rings. The summed E-state index contributed by atoms with van der Waals surface area (Å²) in [5, 5.41) is 0. The van der Waals surface area contributed by atoms with Crippen LogP contribution in [-0.4, -0.2) is 43.3 Å². The van der Waals surface area contributed by atoms with Gasteiger partial charge in [0.15, 0.2) is 0 Å². The summed E-state index contributed by atoms with van der Waals surface area (Å²) in [5.41, 5.74) is 6.88. The van der Waals surface area contributed by atoms with E-state index in [0.29, 0.717) is 0 Å². The molecule has 2 unspecified atom stereocenters. The maximum absolute atomic E-state index is 5.91. The molecule has 3 N–H and O–H groups in total. The summed E-state index contributed by atoms with van der Waals surface area (Å²) in [4.78, 5) is 2.42. The smallest absolute Gasteiger partial charge is 0.0871 e. The lowest BCUT2D eigenvalue weighted by Gasteiger charge is -2.36. The van der Waals surface area contributed by atoms with Gasteiger partial charge in [0.2, 0.25) is 0 Å². The monoisotopic (exact) mass is 277 g/mol. The number of hydrazine groups is 1. The second-order valence-electron chi connectivity index (χ2n) is 5.78. The number of ether oxygens (including phenoxy) is 1. The van der Waals surface area contributed by atoms with Gasteiger partial charge in [0.1, 0.15) is 0 Å². The Kier molecular flexibility index (Phi) is 5.54. The van der Waals surface area contributed by atoms with Crippen molar-refractivity contribution >= 4 is 0 Å². The normalized spacial score (nSPS) is 21.9. The summed E-state index contributed by atoms with van der Waals surface area (Å²) in [7, 11) is 0. The molecule has 1 saturated heterocycles. The predicted octanol–water partition coefficient (Wildman–Crippen LogP) is 1.40. The first-order chi connectivity index (χ1) is 9.62. The molecule has 112 valence electrons. The Morgan fingerprint density at radius 1 is 1.35 bits per heavy atom. The number of nitrogens with one attached hydrogen (secondary N) is 1. The van der Waals surface area contributed by atoms with Gasteiger partial charge in [-0.25, -0.2) is 0 Å². The number of hydrogen-bond donors (Lipinski definition) is 2. The molecule has 1 aliphatic heterocycles. The van der Waals surface area contributed by atoms with Gasteiger partial charge in [-0.1, -0.05) is 36.2 Å². The van der Waals surface area contributed by atoms with Gasteiger partial charge in [0.05, 0.1) is 18.8 Å². The topological polar surface area (TPSA) is 50.5 Å². The van der Waals surface area contributed by atoms with E-state index < -0.39 is 0 Å². The highest BCUT2D eigenvalue weighted by Gasteiger charge is 2.27. The zero-order chi connectivity index (χ0) is 14.5. The van der Waals surface area contributed by atoms with Gasteiger partial charge in [-0.2, -0.15) is 0 Å². The van der Waals surface area contributed by atoms with Crippen LogP contribution in [0.1, 0.15) is 23.6 Å². The van der Waals surface area contributed by atoms with E-state index in [2.05, 4.69) is 49.3 Å². The van der Waals surface area contributed by atoms with Crippen LogP contribution in [-0.2, 0) is 11.2 Å². The number of nitrogens with zero attached hydrogens (tertiary/aromatic N) is 1. The molecule has 1 aromatic rings. The van der Waals surface area contributed by atoms with Crippen LogP contribution in [0.2, 0.25) is 0 Å². The third-order valence-corrected chi connectivity index (χ3v) is 4.02. The van der Waals surface area contributed by atoms with E-state index in [9.17, 15) is 0 Å². The molecule has 4 heteroatoms. The summed E-state index contributed by atoms with van der Waals surface area (Å²) < 4.78 is 5.91. The summed E-state index contributed by atoms with van der Waals surface area (Å²) in [6.07, 6.45) is 1.07. The van der Waals surface area contributed by atoms with Crippen molar-refractivity contribution in [1.29, 1.82) is 0 Å². The summed E-state index contributed by atoms with van der Waals surface area (Å²) >= 11 is 0. The minimum atomic E-state index is 0.158. The largest absolute Gasteiger partial charge is 0.374 e. The highest BCUT2D eigenvalue weighted by Crippen LogP contribution is 2.15. The second kappa shape index (κ2) is 7.18. The van der Waals surface area contributed by atoms with Crippen molar-refractivity contribution in [2.75, 3.05) is 26.2 Å². The number of aryl methyl sites for hydroxylation is 2. The van der Waals surface area contributed by atoms with E-state index in [1.807, 2.05) is 0 Å². The molecule has 0 spiro atoms. The van der Waals surface area contributed by atoms with E-state index >= 15 is 0 Å². The number of likely N-dealkylation sites (N-methyl/N-ethyl adjacent to an activating group) is 1. The van der Waals surface area contributed by atoms with Crippen molar-refractivity contribution in [2.24, 2.45) is 5.84 Å². The maximum atomic E-state index is 5.91. The van der Waals surface area contributed by atoms with Crippen molar-refractivity contribution in [3.05, 3.63) is 34.9 Å². The van der Waals surface area contributed by atoms with Gasteiger partial charge in [-0.05, 0) is 32.4 Å². The Morgan fingerprint density at radius 3 is 2.65 bits per heavy atom. The molecular formula is C16H27N3O. The number of morpholine rings is 1. The van der Waals surface area contributed by atoms with Gasteiger partial charge >= 0.3 is 0 Å². The average Bonchev–Trinajstić information content (AvgIpc) is 2.44. The Bertz CT molecular complexity index is 415. The number of nitrogens with two attached hydrogens (primary N) is 1. The van der Waals surface area contributed by atoms with E-state index in [1.54, 1.807) is 0 Å². The summed E-state index contributed by atoms with van der Waals surface area (Å²) in [6.45, 7) is 10.3. The van der Waals surface area contributed by atoms with Crippen molar-refractivity contribution in [2.45, 2.75) is 39.3 Å². The fourth-order valence-corrected chi connectivity index (χ4v) is 3.00. The van der Waals surface area contributed by atoms with Gasteiger partial charge in [-0.3, -0.25) is 16.2 Å². The van der Waals surface area contributed by atoms with Crippen LogP contribution in [0.3, 0.4) is 0 Å². The number of hydrogen-bond acceptors (Lipinski definition) is 4. The Labute approximate surface area is 122 Å². The highest BCUT2D eigenvalue weighted by molar-refractivity contribution is 5.29. The second-order valence-corrected chi connectivity index (χ2v) is 5.78. The first kappa shape index (κ1) is 15.4. The lowest BCUT2D eigenvalue weighted by atomic mass is 9.97. The van der Waals surface area contributed by atoms with Crippen molar-refractivity contribution in [3.8, 4) is 0 Å². The molecule has 2 rings (SSSR count). The molecule has 1 fully saturated rings. The fraction of sp³-hybridized carbons (Fsp3) is 0.625. The van der Waals surface area contributed by atoms with Crippen LogP contribution in [0.15, 0.2) is 18.2 Å². The van der Waals surface area contributed by atoms with Crippen LogP contribution >= 0.6 is 0 Å². The molecule has 0 radical (unpaired) electrons. The van der Waals surface area contributed by atoms with Crippen LogP contribution in [0.4, 0.5) is 0 Å². The fourth-order valence-electron chi connectivity index (χ4n) is 3.00. The molecule has 0 aliphatic carbocycles. The standard InChI is InChI=1S/C16H27N3O/c1-4-19-5-6-20-16(11-19)15(18-17)10-14-8-12(2)7-13(3)9-14/h7-9,15-16,18H,4-6,10-11,17H2,1-3H3. The molecule has 1 heterocycles. The van der Waals surface area contributed by atoms with Crippen LogP contribution in [0, 0.1) is 13.8 Å². The van der Waals surface area contributed by atoms with Gasteiger partial charge < -0.3 is 4.74 Å². The third-order valence-electron chi connectivity index (χ3n) is 4.02. The molecule has 1 aromatic carbocycles. The number of rotatable bonds is 5. The Balaban J connectivity index is 2.04. The molecular weight excluding hydrogens is 250 g/mol. The molecule has 20 heavy (non-hydrogen) atoms. The Morgan fingerprint density at radius 2 is 2.05 bits per heavy atom. The van der Waals surface area contributed by atoms with Crippen molar-refractivity contribution in [3.63, 3.8) is 0 Å². The van der Waals surface area contributed by atoms with E-state index in [1.165, 1.54) is 16.7 Å². The van der Waals surface area contributed by atoms with Gasteiger partial charge in [0.25, 0.3) is 0 Å². The molecule has 0 aromatic heterocycles. The SMILES string of the molecule is CCN1CCOC(C(Cc2cc(C)cc(C)c2)NN)C1. The molecule has 0 saturated carbocycles. The zero-order valence-electron chi connectivity index (χ0n) is 12.9. The van der Waals surface area contributed by atoms with Gasteiger partial charge in [-0.15, -0.1) is 0 Å². The number of benzene rings is 1. The average molecular weight is 277 g/mol. The van der Waals surface area contributed by atoms with Crippen LogP contribution in [0.25, 0.3) is 0 Å². The quantitative estimate of drug-likeness (QED) is 0.631. The molecule has 2 atom stereocenters. The first-order valence-electron chi connectivity index (χ1n) is 7.49. The maximum Gasteiger partial charge on any atom is 0.0871 e. The van der Waals surface area contributed by atoms with Crippen molar-refractivity contribution < 1.29 is 4.74 Å². The summed E-state index contributed by atoms with van der Waals surface area (Å²) in [5.74, 6) is 5.77. The van der Waals surface area contributed by atoms with E-state index in [4.69, 9.17) is 10.6 Å². The first-order valence-corrected chi connectivity index (χ1v) is 7.49. The molecule has 0 bridgehead atoms. The third kappa shape index (κ3) is 4.03. The zero-order valence-corrected chi connectivity index (χ0v) is 12.9. The van der Waals surface area contributed by atoms with E-state index in [0.717, 1.165) is 32.7 Å². The van der Waals surface area contributed by atoms with E-state index in [-0.39, 0.29) is 12.1 Å². The lowest BCUT2D eigenvalue weighted by Crippen LogP contribution is -2.54. The minimum Gasteiger partial charge on any atom is -0.374 e. The minimum absolute atomic E-state index is 0.158. The van der Waals surface area contributed by atoms with Crippen LogP contribution < -0.4 is 11.3 Å². The highest BCUT2D eigenvalue weighted by atomic mass is 16.5. The van der Waals surface area contributed by atoms with Crippen molar-refractivity contribution in [1.82, 2.24) is 10.3 Å².